The molecule has 2 saturated heterocycles. The molecule has 2 aromatic heterocycles. The van der Waals surface area contributed by atoms with Crippen molar-refractivity contribution in [1.29, 1.82) is 0 Å². The molecule has 1 N–H and O–H groups in total. The maximum Gasteiger partial charge on any atom is 0.338 e. The molecule has 0 radical (unpaired) electrons. The number of esters is 1. The zero-order valence-corrected chi connectivity index (χ0v) is 21.7. The van der Waals surface area contributed by atoms with Crippen molar-refractivity contribution >= 4 is 17.0 Å². The average molecular weight is 528 g/mol. The second kappa shape index (κ2) is 9.24. The van der Waals surface area contributed by atoms with Gasteiger partial charge in [-0.3, -0.25) is 0 Å². The molecule has 7 rings (SSSR count). The molecular formula is C30H29N3O6. The third-order valence-corrected chi connectivity index (χ3v) is 7.85. The molecule has 3 aliphatic rings. The third kappa shape index (κ3) is 4.13. The first-order chi connectivity index (χ1) is 18.9. The van der Waals surface area contributed by atoms with E-state index in [9.17, 15) is 9.90 Å². The molecule has 2 fully saturated rings. The zero-order valence-electron chi connectivity index (χ0n) is 21.7. The second-order valence-electron chi connectivity index (χ2n) is 10.7. The topological polar surface area (TPSA) is 105 Å². The monoisotopic (exact) mass is 527 g/mol. The Bertz CT molecular complexity index is 1550. The van der Waals surface area contributed by atoms with Crippen LogP contribution in [-0.4, -0.2) is 49.7 Å². The van der Waals surface area contributed by atoms with Gasteiger partial charge >= 0.3 is 5.97 Å². The Morgan fingerprint density at radius 2 is 1.87 bits per heavy atom. The molecule has 0 unspecified atom stereocenters. The van der Waals surface area contributed by atoms with Gasteiger partial charge in [0, 0.05) is 11.6 Å². The molecule has 39 heavy (non-hydrogen) atoms. The number of hydrogen-bond donors (Lipinski definition) is 1. The van der Waals surface area contributed by atoms with Gasteiger partial charge in [0.2, 0.25) is 0 Å². The molecule has 200 valence electrons. The number of nitrogens with zero attached hydrogens (tertiary/aromatic N) is 3. The predicted octanol–water partition coefficient (Wildman–Crippen LogP) is 4.04. The summed E-state index contributed by atoms with van der Waals surface area (Å²) in [6.07, 6.45) is 2.35. The molecular weight excluding hydrogens is 498 g/mol. The normalized spacial score (nSPS) is 25.6. The number of rotatable bonds is 6. The molecule has 1 aliphatic carbocycles. The Kier molecular flexibility index (Phi) is 5.78. The van der Waals surface area contributed by atoms with Crippen LogP contribution < -0.4 is 0 Å². The van der Waals surface area contributed by atoms with Gasteiger partial charge in [0.15, 0.2) is 18.1 Å². The van der Waals surface area contributed by atoms with Crippen molar-refractivity contribution < 1.29 is 28.8 Å². The van der Waals surface area contributed by atoms with Crippen molar-refractivity contribution in [3.05, 3.63) is 95.1 Å². The Morgan fingerprint density at radius 3 is 2.62 bits per heavy atom. The van der Waals surface area contributed by atoms with Crippen LogP contribution in [0.4, 0.5) is 0 Å². The second-order valence-corrected chi connectivity index (χ2v) is 10.7. The summed E-state index contributed by atoms with van der Waals surface area (Å²) in [7, 11) is 0. The highest BCUT2D eigenvalue weighted by atomic mass is 16.8. The number of ether oxygens (including phenoxy) is 4. The molecule has 2 aromatic carbocycles. The fourth-order valence-corrected chi connectivity index (χ4v) is 5.90. The van der Waals surface area contributed by atoms with Crippen molar-refractivity contribution in [2.45, 2.75) is 69.7 Å². The highest BCUT2D eigenvalue weighted by Gasteiger charge is 2.59. The first kappa shape index (κ1) is 24.4. The van der Waals surface area contributed by atoms with Crippen LogP contribution in [0.15, 0.2) is 67.1 Å². The van der Waals surface area contributed by atoms with Crippen molar-refractivity contribution in [3.8, 4) is 0 Å². The Hall–Kier alpha value is -3.63. The lowest BCUT2D eigenvalue weighted by molar-refractivity contribution is -0.207. The Morgan fingerprint density at radius 1 is 1.08 bits per heavy atom. The number of hydrogen-bond acceptors (Lipinski definition) is 8. The van der Waals surface area contributed by atoms with Gasteiger partial charge in [-0.25, -0.2) is 14.8 Å². The minimum absolute atomic E-state index is 0.203. The van der Waals surface area contributed by atoms with E-state index in [2.05, 4.69) is 22.1 Å². The van der Waals surface area contributed by atoms with Crippen LogP contribution >= 0.6 is 0 Å². The Balaban J connectivity index is 1.29. The summed E-state index contributed by atoms with van der Waals surface area (Å²) in [5, 5.41) is 10.5. The molecule has 0 spiro atoms. The SMILES string of the molecule is CC1(C)O[C@H]2[C@@H](O1)[C@H](n1ccc3c(CO)ncnc31)O[C@@H]2[C@H](OC(=O)c1ccccc1)c1ccc2c(c1)CC2. The maximum absolute atomic E-state index is 13.3. The quantitative estimate of drug-likeness (QED) is 0.375. The number of aryl methyl sites for hydroxylation is 2. The first-order valence-electron chi connectivity index (χ1n) is 13.2. The van der Waals surface area contributed by atoms with E-state index >= 15 is 0 Å². The van der Waals surface area contributed by atoms with E-state index in [0.717, 1.165) is 23.8 Å². The molecule has 0 bridgehead atoms. The minimum atomic E-state index is -0.863. The summed E-state index contributed by atoms with van der Waals surface area (Å²) < 4.78 is 27.6. The molecule has 9 nitrogen and oxygen atoms in total. The van der Waals surface area contributed by atoms with Crippen LogP contribution in [0, 0.1) is 0 Å². The van der Waals surface area contributed by atoms with Crippen molar-refractivity contribution in [3.63, 3.8) is 0 Å². The molecule has 4 aromatic rings. The van der Waals surface area contributed by atoms with Crippen LogP contribution in [0.1, 0.15) is 58.9 Å². The summed E-state index contributed by atoms with van der Waals surface area (Å²) in [5.74, 6) is -1.30. The molecule has 4 heterocycles. The number of carbonyl (C=O) groups is 1. The van der Waals surface area contributed by atoms with E-state index in [-0.39, 0.29) is 6.61 Å². The fourth-order valence-electron chi connectivity index (χ4n) is 5.90. The summed E-state index contributed by atoms with van der Waals surface area (Å²) in [6, 6.07) is 17.0. The molecule has 0 amide bonds. The van der Waals surface area contributed by atoms with Gasteiger partial charge < -0.3 is 28.6 Å². The van der Waals surface area contributed by atoms with Gasteiger partial charge in [-0.05, 0) is 61.6 Å². The number of fused-ring (bicyclic) bond motifs is 3. The van der Waals surface area contributed by atoms with Gasteiger partial charge in [0.05, 0.1) is 17.9 Å². The smallest absolute Gasteiger partial charge is 0.338 e. The highest BCUT2D eigenvalue weighted by Crippen LogP contribution is 2.48. The predicted molar refractivity (Wildman–Crippen MR) is 140 cm³/mol. The van der Waals surface area contributed by atoms with E-state index < -0.39 is 42.4 Å². The number of aromatic nitrogens is 3. The van der Waals surface area contributed by atoms with Crippen LogP contribution in [0.3, 0.4) is 0 Å². The lowest BCUT2D eigenvalue weighted by Gasteiger charge is -2.30. The number of aliphatic hydroxyl groups is 1. The Labute approximate surface area is 225 Å². The summed E-state index contributed by atoms with van der Waals surface area (Å²) in [4.78, 5) is 22.0. The number of benzene rings is 2. The van der Waals surface area contributed by atoms with Crippen molar-refractivity contribution in [2.75, 3.05) is 0 Å². The van der Waals surface area contributed by atoms with Crippen LogP contribution in [0.2, 0.25) is 0 Å². The molecule has 2 aliphatic heterocycles. The van der Waals surface area contributed by atoms with Gasteiger partial charge in [-0.1, -0.05) is 36.4 Å². The van der Waals surface area contributed by atoms with Gasteiger partial charge in [0.1, 0.15) is 30.3 Å². The largest absolute Gasteiger partial charge is 0.451 e. The lowest BCUT2D eigenvalue weighted by Crippen LogP contribution is -2.36. The van der Waals surface area contributed by atoms with Gasteiger partial charge in [-0.2, -0.15) is 0 Å². The van der Waals surface area contributed by atoms with Crippen LogP contribution in [0.5, 0.6) is 0 Å². The van der Waals surface area contributed by atoms with E-state index in [0.29, 0.717) is 16.9 Å². The maximum atomic E-state index is 13.3. The van der Waals surface area contributed by atoms with Crippen molar-refractivity contribution in [2.24, 2.45) is 0 Å². The molecule has 9 heteroatoms. The number of carbonyl (C=O) groups excluding carboxylic acids is 1. The molecule has 5 atom stereocenters. The first-order valence-corrected chi connectivity index (χ1v) is 13.2. The van der Waals surface area contributed by atoms with E-state index in [4.69, 9.17) is 18.9 Å². The van der Waals surface area contributed by atoms with Crippen LogP contribution in [-0.2, 0) is 38.4 Å². The van der Waals surface area contributed by atoms with Crippen molar-refractivity contribution in [1.82, 2.24) is 14.5 Å². The average Bonchev–Trinajstić information content (AvgIpc) is 3.59. The number of aliphatic hydroxyl groups excluding tert-OH is 1. The van der Waals surface area contributed by atoms with E-state index in [1.54, 1.807) is 12.1 Å². The standard InChI is InChI=1S/C30H29N3O6/c1-30(2)38-25-24(36-28(26(25)39-30)33-13-12-21-22(15-34)31-16-32-27(21)33)23(20-11-9-17-8-10-19(17)14-20)37-29(35)18-6-4-3-5-7-18/h3-7,9,11-14,16,23-26,28,34H,8,10,15H2,1-2H3/t23-,24-,25-,26-,28-/m1/s1. The van der Waals surface area contributed by atoms with Gasteiger partial charge in [0.25, 0.3) is 0 Å². The zero-order chi connectivity index (χ0) is 26.7. The van der Waals surface area contributed by atoms with E-state index in [1.807, 2.05) is 54.9 Å². The fraction of sp³-hybridized carbons (Fsp3) is 0.367. The van der Waals surface area contributed by atoms with Gasteiger partial charge in [-0.15, -0.1) is 0 Å². The summed E-state index contributed by atoms with van der Waals surface area (Å²) in [5.41, 5.74) is 5.04. The summed E-state index contributed by atoms with van der Waals surface area (Å²) in [6.45, 7) is 3.54. The van der Waals surface area contributed by atoms with Crippen LogP contribution in [0.25, 0.3) is 11.0 Å². The van der Waals surface area contributed by atoms with E-state index in [1.165, 1.54) is 17.5 Å². The summed E-state index contributed by atoms with van der Waals surface area (Å²) >= 11 is 0. The highest BCUT2D eigenvalue weighted by molar-refractivity contribution is 5.89. The molecule has 0 saturated carbocycles. The third-order valence-electron chi connectivity index (χ3n) is 7.85. The minimum Gasteiger partial charge on any atom is -0.451 e. The lowest BCUT2D eigenvalue weighted by atomic mass is 9.85.